The molecule has 0 bridgehead atoms. The SMILES string of the molecule is CCC(CC)Nc1ncnc(NN)c1C. The fourth-order valence-corrected chi connectivity index (χ4v) is 1.43. The van der Waals surface area contributed by atoms with Crippen LogP contribution >= 0.6 is 0 Å². The van der Waals surface area contributed by atoms with Gasteiger partial charge in [0.2, 0.25) is 0 Å². The average Bonchev–Trinajstić information content (AvgIpc) is 2.28. The lowest BCUT2D eigenvalue weighted by atomic mass is 10.1. The van der Waals surface area contributed by atoms with Crippen molar-refractivity contribution in [3.63, 3.8) is 0 Å². The Morgan fingerprint density at radius 1 is 1.27 bits per heavy atom. The van der Waals surface area contributed by atoms with Crippen molar-refractivity contribution in [1.82, 2.24) is 9.97 Å². The van der Waals surface area contributed by atoms with Crippen molar-refractivity contribution < 1.29 is 0 Å². The van der Waals surface area contributed by atoms with Crippen molar-refractivity contribution in [3.05, 3.63) is 11.9 Å². The molecule has 15 heavy (non-hydrogen) atoms. The third-order valence-electron chi connectivity index (χ3n) is 2.55. The molecule has 1 aromatic rings. The molecule has 0 fully saturated rings. The molecular formula is C10H19N5. The first-order valence-electron chi connectivity index (χ1n) is 5.27. The molecule has 1 heterocycles. The number of nitrogens with one attached hydrogen (secondary N) is 2. The summed E-state index contributed by atoms with van der Waals surface area (Å²) in [6.07, 6.45) is 3.66. The first kappa shape index (κ1) is 11.7. The maximum Gasteiger partial charge on any atom is 0.148 e. The predicted molar refractivity (Wildman–Crippen MR) is 62.6 cm³/mol. The van der Waals surface area contributed by atoms with Gasteiger partial charge < -0.3 is 10.7 Å². The van der Waals surface area contributed by atoms with Crippen LogP contribution in [0, 0.1) is 6.92 Å². The molecule has 0 amide bonds. The summed E-state index contributed by atoms with van der Waals surface area (Å²) in [6, 6.07) is 0.448. The molecule has 1 rings (SSSR count). The number of hydrogen-bond acceptors (Lipinski definition) is 5. The van der Waals surface area contributed by atoms with Gasteiger partial charge in [-0.05, 0) is 19.8 Å². The van der Waals surface area contributed by atoms with Crippen LogP contribution in [0.4, 0.5) is 11.6 Å². The second-order valence-electron chi connectivity index (χ2n) is 3.50. The smallest absolute Gasteiger partial charge is 0.148 e. The Morgan fingerprint density at radius 3 is 2.40 bits per heavy atom. The van der Waals surface area contributed by atoms with Gasteiger partial charge in [0.15, 0.2) is 0 Å². The summed E-state index contributed by atoms with van der Waals surface area (Å²) in [5, 5.41) is 3.37. The van der Waals surface area contributed by atoms with Gasteiger partial charge in [0, 0.05) is 11.6 Å². The van der Waals surface area contributed by atoms with Crippen molar-refractivity contribution in [1.29, 1.82) is 0 Å². The zero-order valence-electron chi connectivity index (χ0n) is 9.54. The molecule has 0 atom stereocenters. The van der Waals surface area contributed by atoms with Crippen LogP contribution in [-0.2, 0) is 0 Å². The quantitative estimate of drug-likeness (QED) is 0.508. The lowest BCUT2D eigenvalue weighted by Gasteiger charge is -2.17. The highest BCUT2D eigenvalue weighted by Gasteiger charge is 2.09. The summed E-state index contributed by atoms with van der Waals surface area (Å²) < 4.78 is 0. The molecule has 84 valence electrons. The Bertz CT molecular complexity index is 309. The first-order valence-corrected chi connectivity index (χ1v) is 5.27. The van der Waals surface area contributed by atoms with Crippen LogP contribution in [0.1, 0.15) is 32.3 Å². The van der Waals surface area contributed by atoms with E-state index >= 15 is 0 Å². The Kier molecular flexibility index (Phi) is 4.30. The number of rotatable bonds is 5. The second-order valence-corrected chi connectivity index (χ2v) is 3.50. The molecule has 0 aliphatic carbocycles. The number of anilines is 2. The van der Waals surface area contributed by atoms with Crippen LogP contribution in [0.5, 0.6) is 0 Å². The molecule has 4 N–H and O–H groups in total. The van der Waals surface area contributed by atoms with Gasteiger partial charge in [0.1, 0.15) is 18.0 Å². The third kappa shape index (κ3) is 2.79. The minimum atomic E-state index is 0.448. The van der Waals surface area contributed by atoms with Crippen molar-refractivity contribution in [2.75, 3.05) is 10.7 Å². The van der Waals surface area contributed by atoms with E-state index in [1.807, 2.05) is 6.92 Å². The number of hydrazine groups is 1. The molecule has 0 saturated heterocycles. The summed E-state index contributed by atoms with van der Waals surface area (Å²) in [7, 11) is 0. The van der Waals surface area contributed by atoms with E-state index in [9.17, 15) is 0 Å². The van der Waals surface area contributed by atoms with Crippen molar-refractivity contribution in [3.8, 4) is 0 Å². The van der Waals surface area contributed by atoms with Gasteiger partial charge in [-0.2, -0.15) is 0 Å². The van der Waals surface area contributed by atoms with Gasteiger partial charge >= 0.3 is 0 Å². The lowest BCUT2D eigenvalue weighted by Crippen LogP contribution is -2.20. The molecule has 0 aromatic carbocycles. The van der Waals surface area contributed by atoms with E-state index in [4.69, 9.17) is 5.84 Å². The fraction of sp³-hybridized carbons (Fsp3) is 0.600. The summed E-state index contributed by atoms with van der Waals surface area (Å²) >= 11 is 0. The molecule has 0 unspecified atom stereocenters. The van der Waals surface area contributed by atoms with Crippen LogP contribution in [0.25, 0.3) is 0 Å². The topological polar surface area (TPSA) is 75.9 Å². The Hall–Kier alpha value is -1.36. The van der Waals surface area contributed by atoms with Crippen molar-refractivity contribution >= 4 is 11.6 Å². The van der Waals surface area contributed by atoms with E-state index in [0.29, 0.717) is 11.9 Å². The molecule has 0 spiro atoms. The highest BCUT2D eigenvalue weighted by atomic mass is 15.3. The minimum absolute atomic E-state index is 0.448. The highest BCUT2D eigenvalue weighted by Crippen LogP contribution is 2.18. The summed E-state index contributed by atoms with van der Waals surface area (Å²) in [4.78, 5) is 8.23. The number of hydrogen-bond donors (Lipinski definition) is 3. The zero-order chi connectivity index (χ0) is 11.3. The lowest BCUT2D eigenvalue weighted by molar-refractivity contribution is 0.667. The van der Waals surface area contributed by atoms with Gasteiger partial charge in [-0.1, -0.05) is 13.8 Å². The van der Waals surface area contributed by atoms with E-state index in [1.54, 1.807) is 0 Å². The van der Waals surface area contributed by atoms with Crippen LogP contribution in [0.3, 0.4) is 0 Å². The normalized spacial score (nSPS) is 10.5. The number of aromatic nitrogens is 2. The highest BCUT2D eigenvalue weighted by molar-refractivity contribution is 5.56. The number of nitrogens with two attached hydrogens (primary N) is 1. The molecule has 5 nitrogen and oxygen atoms in total. The standard InChI is InChI=1S/C10H19N5/c1-4-8(5-2)14-9-7(3)10(15-11)13-6-12-9/h6,8H,4-5,11H2,1-3H3,(H2,12,13,14,15). The zero-order valence-corrected chi connectivity index (χ0v) is 9.54. The molecular weight excluding hydrogens is 190 g/mol. The van der Waals surface area contributed by atoms with Crippen molar-refractivity contribution in [2.24, 2.45) is 5.84 Å². The van der Waals surface area contributed by atoms with E-state index < -0.39 is 0 Å². The maximum absolute atomic E-state index is 5.35. The largest absolute Gasteiger partial charge is 0.367 e. The van der Waals surface area contributed by atoms with E-state index in [1.165, 1.54) is 6.33 Å². The maximum atomic E-state index is 5.35. The molecule has 0 aliphatic heterocycles. The molecule has 5 heteroatoms. The van der Waals surface area contributed by atoms with Gasteiger partial charge in [0.05, 0.1) is 0 Å². The average molecular weight is 209 g/mol. The Labute approximate surface area is 90.5 Å². The van der Waals surface area contributed by atoms with E-state index in [2.05, 4.69) is 34.6 Å². The summed E-state index contributed by atoms with van der Waals surface area (Å²) in [6.45, 7) is 6.25. The van der Waals surface area contributed by atoms with Gasteiger partial charge in [-0.15, -0.1) is 0 Å². The van der Waals surface area contributed by atoms with Gasteiger partial charge in [0.25, 0.3) is 0 Å². The first-order chi connectivity index (χ1) is 7.22. The van der Waals surface area contributed by atoms with Crippen LogP contribution in [0.15, 0.2) is 6.33 Å². The summed E-state index contributed by atoms with van der Waals surface area (Å²) in [5.41, 5.74) is 3.50. The van der Waals surface area contributed by atoms with Crippen LogP contribution < -0.4 is 16.6 Å². The summed E-state index contributed by atoms with van der Waals surface area (Å²) in [5.74, 6) is 6.87. The molecule has 0 saturated carbocycles. The molecule has 0 radical (unpaired) electrons. The van der Waals surface area contributed by atoms with E-state index in [-0.39, 0.29) is 0 Å². The number of nitrogen functional groups attached to an aromatic ring is 1. The molecule has 1 aromatic heterocycles. The third-order valence-corrected chi connectivity index (χ3v) is 2.55. The van der Waals surface area contributed by atoms with E-state index in [0.717, 1.165) is 24.2 Å². The number of nitrogens with zero attached hydrogens (tertiary/aromatic N) is 2. The van der Waals surface area contributed by atoms with Crippen molar-refractivity contribution in [2.45, 2.75) is 39.7 Å². The van der Waals surface area contributed by atoms with Crippen LogP contribution in [0.2, 0.25) is 0 Å². The fourth-order valence-electron chi connectivity index (χ4n) is 1.43. The van der Waals surface area contributed by atoms with Gasteiger partial charge in [-0.3, -0.25) is 0 Å². The monoisotopic (exact) mass is 209 g/mol. The minimum Gasteiger partial charge on any atom is -0.367 e. The molecule has 0 aliphatic rings. The predicted octanol–water partition coefficient (Wildman–Crippen LogP) is 1.67. The Balaban J connectivity index is 2.85. The Morgan fingerprint density at radius 2 is 1.87 bits per heavy atom. The van der Waals surface area contributed by atoms with Gasteiger partial charge in [-0.25, -0.2) is 15.8 Å². The second kappa shape index (κ2) is 5.50. The van der Waals surface area contributed by atoms with Crippen LogP contribution in [-0.4, -0.2) is 16.0 Å².